The Kier molecular flexibility index (Phi) is 5.28. The Morgan fingerprint density at radius 3 is 1.66 bits per heavy atom. The highest BCUT2D eigenvalue weighted by Crippen LogP contribution is 2.40. The highest BCUT2D eigenvalue weighted by Gasteiger charge is 2.28. The second kappa shape index (κ2) is 8.12. The third-order valence-electron chi connectivity index (χ3n) is 5.63. The van der Waals surface area contributed by atoms with Gasteiger partial charge in [0.2, 0.25) is 0 Å². The first-order valence-corrected chi connectivity index (χ1v) is 13.0. The second-order valence-corrected chi connectivity index (χ2v) is 11.2. The van der Waals surface area contributed by atoms with Crippen molar-refractivity contribution in [3.63, 3.8) is 0 Å². The van der Waals surface area contributed by atoms with Crippen LogP contribution in [0.2, 0.25) is 0 Å². The van der Waals surface area contributed by atoms with Crippen molar-refractivity contribution in [1.29, 1.82) is 0 Å². The molecule has 5 rings (SSSR count). The van der Waals surface area contributed by atoms with E-state index < -0.39 is 18.1 Å². The summed E-state index contributed by atoms with van der Waals surface area (Å²) in [6.45, 7) is 1.77. The van der Waals surface area contributed by atoms with Crippen LogP contribution in [0.3, 0.4) is 0 Å². The average Bonchev–Trinajstić information content (AvgIpc) is 2.80. The van der Waals surface area contributed by atoms with Gasteiger partial charge in [-0.25, -0.2) is 0 Å². The minimum absolute atomic E-state index is 0.246. The zero-order chi connectivity index (χ0) is 22.3. The molecule has 5 aromatic carbocycles. The van der Waals surface area contributed by atoms with Crippen molar-refractivity contribution < 1.29 is 12.3 Å². The molecule has 0 saturated heterocycles. The summed E-state index contributed by atoms with van der Waals surface area (Å²) in [5, 5.41) is 6.71. The topological polar surface area (TPSA) is 34.1 Å². The maximum Gasteiger partial charge on any atom is 0.332 e. The van der Waals surface area contributed by atoms with Crippen LogP contribution in [-0.4, -0.2) is 8.42 Å². The van der Waals surface area contributed by atoms with Crippen LogP contribution in [0.25, 0.3) is 21.5 Å². The maximum absolute atomic E-state index is 14.6. The van der Waals surface area contributed by atoms with Gasteiger partial charge < -0.3 is 0 Å². The lowest BCUT2D eigenvalue weighted by Gasteiger charge is -2.24. The lowest BCUT2D eigenvalue weighted by atomic mass is 10.1. The van der Waals surface area contributed by atoms with Gasteiger partial charge in [-0.15, -0.1) is 3.89 Å². The lowest BCUT2D eigenvalue weighted by Crippen LogP contribution is -2.25. The van der Waals surface area contributed by atoms with Crippen molar-refractivity contribution >= 4 is 55.6 Å². The molecule has 5 aromatic rings. The Morgan fingerprint density at radius 1 is 0.625 bits per heavy atom. The average molecular weight is 458 g/mol. The van der Waals surface area contributed by atoms with Gasteiger partial charge in [0.1, 0.15) is 4.90 Å². The molecule has 32 heavy (non-hydrogen) atoms. The molecular weight excluding hydrogens is 438 g/mol. The van der Waals surface area contributed by atoms with Crippen LogP contribution in [0, 0.1) is 6.92 Å². The fraction of sp³-hybridized carbons (Fsp3) is 0.0370. The van der Waals surface area contributed by atoms with E-state index in [9.17, 15) is 12.3 Å². The van der Waals surface area contributed by atoms with E-state index >= 15 is 0 Å². The van der Waals surface area contributed by atoms with Crippen LogP contribution >= 0.6 is 7.92 Å². The molecular formula is C27H20FO2PS. The fourth-order valence-corrected chi connectivity index (χ4v) is 8.09. The molecule has 0 spiro atoms. The Balaban J connectivity index is 1.92. The van der Waals surface area contributed by atoms with Gasteiger partial charge in [-0.3, -0.25) is 0 Å². The first kappa shape index (κ1) is 20.8. The summed E-state index contributed by atoms with van der Waals surface area (Å²) in [5.41, 5.74) is 0.704. The number of rotatable bonds is 4. The summed E-state index contributed by atoms with van der Waals surface area (Å²) >= 11 is 0. The van der Waals surface area contributed by atoms with Gasteiger partial charge in [-0.05, 0) is 58.6 Å². The Morgan fingerprint density at radius 2 is 1.12 bits per heavy atom. The molecule has 0 aliphatic carbocycles. The molecule has 0 aliphatic heterocycles. The highest BCUT2D eigenvalue weighted by atomic mass is 32.3. The van der Waals surface area contributed by atoms with Crippen LogP contribution in [-0.2, 0) is 10.2 Å². The van der Waals surface area contributed by atoms with Crippen molar-refractivity contribution in [2.75, 3.05) is 0 Å². The molecule has 0 N–H and O–H groups in total. The summed E-state index contributed by atoms with van der Waals surface area (Å²) in [6.07, 6.45) is 0. The van der Waals surface area contributed by atoms with Crippen molar-refractivity contribution in [3.05, 3.63) is 109 Å². The second-order valence-electron chi connectivity index (χ2n) is 7.74. The van der Waals surface area contributed by atoms with Crippen molar-refractivity contribution in [1.82, 2.24) is 0 Å². The monoisotopic (exact) mass is 458 g/mol. The van der Waals surface area contributed by atoms with E-state index in [1.54, 1.807) is 13.0 Å². The molecule has 0 fully saturated rings. The number of fused-ring (bicyclic) bond motifs is 2. The number of halogens is 1. The van der Waals surface area contributed by atoms with E-state index in [1.165, 1.54) is 6.07 Å². The Hall–Kier alpha value is -3.07. The van der Waals surface area contributed by atoms with E-state index in [0.29, 0.717) is 10.9 Å². The molecule has 0 aromatic heterocycles. The summed E-state index contributed by atoms with van der Waals surface area (Å²) in [5.74, 6) is 0. The third kappa shape index (κ3) is 3.70. The summed E-state index contributed by atoms with van der Waals surface area (Å²) < 4.78 is 39.1. The molecule has 158 valence electrons. The summed E-state index contributed by atoms with van der Waals surface area (Å²) in [7, 11) is -6.27. The van der Waals surface area contributed by atoms with E-state index in [1.807, 2.05) is 91.0 Å². The Bertz CT molecular complexity index is 1490. The molecule has 0 bridgehead atoms. The van der Waals surface area contributed by atoms with Crippen molar-refractivity contribution in [2.24, 2.45) is 0 Å². The largest absolute Gasteiger partial charge is 0.332 e. The molecule has 5 heteroatoms. The fourth-order valence-electron chi connectivity index (χ4n) is 4.20. The predicted octanol–water partition coefficient (Wildman–Crippen LogP) is 5.72. The van der Waals surface area contributed by atoms with Gasteiger partial charge in [-0.1, -0.05) is 97.1 Å². The van der Waals surface area contributed by atoms with Crippen LogP contribution < -0.4 is 15.9 Å². The van der Waals surface area contributed by atoms with Crippen molar-refractivity contribution in [3.8, 4) is 0 Å². The molecule has 0 unspecified atom stereocenters. The molecule has 0 radical (unpaired) electrons. The standard InChI is InChI=1S/C27H20FO2PS/c1-19-16-17-26(27(18-19)32(28,29)30)31(24-14-6-10-20-8-2-4-12-22(20)24)25-15-7-11-21-9-3-5-13-23(21)25/h2-18H,1H3. The quantitative estimate of drug-likeness (QED) is 0.255. The van der Waals surface area contributed by atoms with E-state index in [4.69, 9.17) is 0 Å². The smallest absolute Gasteiger partial charge is 0.189 e. The maximum atomic E-state index is 14.6. The van der Waals surface area contributed by atoms with E-state index in [2.05, 4.69) is 0 Å². The van der Waals surface area contributed by atoms with Crippen LogP contribution in [0.1, 0.15) is 5.56 Å². The van der Waals surface area contributed by atoms with Gasteiger partial charge >= 0.3 is 10.2 Å². The van der Waals surface area contributed by atoms with Gasteiger partial charge in [0.15, 0.2) is 0 Å². The zero-order valence-electron chi connectivity index (χ0n) is 17.4. The van der Waals surface area contributed by atoms with Gasteiger partial charge in [0, 0.05) is 5.30 Å². The van der Waals surface area contributed by atoms with Crippen molar-refractivity contribution in [2.45, 2.75) is 11.8 Å². The summed E-state index contributed by atoms with van der Waals surface area (Å²) in [6, 6.07) is 33.3. The normalized spacial score (nSPS) is 12.0. The van der Waals surface area contributed by atoms with E-state index in [0.717, 1.165) is 32.2 Å². The summed E-state index contributed by atoms with van der Waals surface area (Å²) in [4.78, 5) is -0.246. The third-order valence-corrected chi connectivity index (χ3v) is 9.26. The molecule has 0 atom stereocenters. The minimum Gasteiger partial charge on any atom is -0.189 e. The molecule has 0 aliphatic rings. The van der Waals surface area contributed by atoms with Gasteiger partial charge in [-0.2, -0.15) is 8.42 Å². The molecule has 0 saturated carbocycles. The molecule has 0 heterocycles. The number of aryl methyl sites for hydroxylation is 1. The zero-order valence-corrected chi connectivity index (χ0v) is 19.1. The van der Waals surface area contributed by atoms with E-state index in [-0.39, 0.29) is 4.90 Å². The minimum atomic E-state index is -4.91. The van der Waals surface area contributed by atoms with Gasteiger partial charge in [0.25, 0.3) is 0 Å². The van der Waals surface area contributed by atoms with Crippen LogP contribution in [0.4, 0.5) is 3.89 Å². The number of hydrogen-bond donors (Lipinski definition) is 0. The first-order valence-electron chi connectivity index (χ1n) is 10.2. The predicted molar refractivity (Wildman–Crippen MR) is 133 cm³/mol. The molecule has 0 amide bonds. The Labute approximate surface area is 188 Å². The lowest BCUT2D eigenvalue weighted by molar-refractivity contribution is 0.552. The SMILES string of the molecule is Cc1ccc(P(c2cccc3ccccc23)c2cccc3ccccc23)c(S(=O)(=O)F)c1. The van der Waals surface area contributed by atoms with Crippen LogP contribution in [0.5, 0.6) is 0 Å². The van der Waals surface area contributed by atoms with Crippen LogP contribution in [0.15, 0.2) is 108 Å². The first-order chi connectivity index (χ1) is 15.4. The highest BCUT2D eigenvalue weighted by molar-refractivity contribution is 7.88. The van der Waals surface area contributed by atoms with Gasteiger partial charge in [0.05, 0.1) is 0 Å². The number of benzene rings is 5. The number of hydrogen-bond acceptors (Lipinski definition) is 2. The molecule has 2 nitrogen and oxygen atoms in total.